The van der Waals surface area contributed by atoms with E-state index in [0.29, 0.717) is 0 Å². The predicted molar refractivity (Wildman–Crippen MR) is 120 cm³/mol. The number of hydrogen-bond acceptors (Lipinski definition) is 7. The van der Waals surface area contributed by atoms with Gasteiger partial charge in [-0.2, -0.15) is 9.13 Å². The Morgan fingerprint density at radius 1 is 0.556 bits per heavy atom. The largest absolute Gasteiger partial charge is 0.347 e. The Bertz CT molecular complexity index is 1420. The first kappa shape index (κ1) is 23.5. The van der Waals surface area contributed by atoms with Gasteiger partial charge in [0.15, 0.2) is 24.8 Å². The van der Waals surface area contributed by atoms with Crippen LogP contribution in [0.1, 0.15) is 0 Å². The predicted octanol–water partition coefficient (Wildman–Crippen LogP) is 3.43. The highest BCUT2D eigenvalue weighted by atomic mass is 16.6. The van der Waals surface area contributed by atoms with Crippen molar-refractivity contribution in [2.24, 2.45) is 0 Å². The van der Waals surface area contributed by atoms with Crippen molar-refractivity contribution < 1.29 is 34.0 Å². The second-order valence-corrected chi connectivity index (χ2v) is 7.38. The van der Waals surface area contributed by atoms with Gasteiger partial charge in [0.1, 0.15) is 12.1 Å². The molecule has 0 amide bonds. The molecule has 0 fully saturated rings. The van der Waals surface area contributed by atoms with Gasteiger partial charge in [0, 0.05) is 48.5 Å². The fourth-order valence-electron chi connectivity index (χ4n) is 3.54. The summed E-state index contributed by atoms with van der Waals surface area (Å²) < 4.78 is 2.93. The molecule has 0 aliphatic rings. The fourth-order valence-corrected chi connectivity index (χ4v) is 3.54. The van der Waals surface area contributed by atoms with Crippen molar-refractivity contribution in [3.8, 4) is 22.5 Å². The van der Waals surface area contributed by atoms with Gasteiger partial charge in [-0.15, -0.1) is 0 Å². The summed E-state index contributed by atoms with van der Waals surface area (Å²) in [5, 5.41) is 42.8. The van der Waals surface area contributed by atoms with Crippen molar-refractivity contribution in [2.75, 3.05) is 0 Å². The Balaban J connectivity index is 1.64. The lowest BCUT2D eigenvalue weighted by Gasteiger charge is -2.02. The number of benzene rings is 2. The number of nitro groups is 3. The van der Waals surface area contributed by atoms with Gasteiger partial charge in [-0.25, -0.2) is 5.21 Å². The van der Waals surface area contributed by atoms with Crippen LogP contribution >= 0.6 is 0 Å². The van der Waals surface area contributed by atoms with Crippen LogP contribution in [0.25, 0.3) is 22.5 Å². The van der Waals surface area contributed by atoms with Gasteiger partial charge in [-0.05, 0) is 11.1 Å². The van der Waals surface area contributed by atoms with E-state index in [2.05, 4.69) is 0 Å². The summed E-state index contributed by atoms with van der Waals surface area (Å²) in [6.45, 7) is 0. The molecule has 2 aromatic heterocycles. The molecule has 0 saturated carbocycles. The average molecular weight is 491 g/mol. The first-order valence-corrected chi connectivity index (χ1v) is 10.1. The monoisotopic (exact) mass is 491 g/mol. The molecule has 2 heterocycles. The second kappa shape index (κ2) is 9.30. The summed E-state index contributed by atoms with van der Waals surface area (Å²) in [5.74, 6) is 0. The average Bonchev–Trinajstić information content (AvgIpc) is 2.88. The van der Waals surface area contributed by atoms with E-state index in [1.54, 1.807) is 49.1 Å². The van der Waals surface area contributed by atoms with E-state index >= 15 is 0 Å². The zero-order valence-corrected chi connectivity index (χ0v) is 18.1. The third-order valence-corrected chi connectivity index (χ3v) is 5.29. The molecule has 2 aromatic carbocycles. The summed E-state index contributed by atoms with van der Waals surface area (Å²) in [7, 11) is 0. The van der Waals surface area contributed by atoms with E-state index in [1.165, 1.54) is 33.4 Å². The molecule has 1 N–H and O–H groups in total. The number of pyridine rings is 2. The summed E-state index contributed by atoms with van der Waals surface area (Å²) in [6, 6.07) is 13.7. The van der Waals surface area contributed by atoms with E-state index in [9.17, 15) is 35.3 Å². The Hall–Kier alpha value is -5.66. The minimum Gasteiger partial charge on any atom is -0.258 e. The van der Waals surface area contributed by atoms with Gasteiger partial charge in [0.25, 0.3) is 22.0 Å². The maximum absolute atomic E-state index is 11.4. The first-order chi connectivity index (χ1) is 17.2. The van der Waals surface area contributed by atoms with Crippen molar-refractivity contribution in [3.63, 3.8) is 0 Å². The molecule has 0 aliphatic heterocycles. The van der Waals surface area contributed by atoms with Crippen molar-refractivity contribution >= 4 is 22.7 Å². The van der Waals surface area contributed by atoms with Crippen LogP contribution in [0.15, 0.2) is 85.5 Å². The van der Waals surface area contributed by atoms with Gasteiger partial charge < -0.3 is 0 Å². The van der Waals surface area contributed by atoms with Crippen LogP contribution in [0.4, 0.5) is 22.7 Å². The van der Waals surface area contributed by atoms with Gasteiger partial charge in [-0.3, -0.25) is 30.3 Å². The molecule has 0 radical (unpaired) electrons. The summed E-state index contributed by atoms with van der Waals surface area (Å²) in [6.07, 6.45) is 6.29. The molecule has 14 nitrogen and oxygen atoms in total. The summed E-state index contributed by atoms with van der Waals surface area (Å²) >= 11 is 0. The maximum Gasteiger partial charge on any atom is 0.347 e. The molecule has 0 saturated heterocycles. The quantitative estimate of drug-likeness (QED) is 0.232. The fraction of sp³-hybridized carbons (Fsp3) is 0. The molecule has 0 bridgehead atoms. The van der Waals surface area contributed by atoms with E-state index in [4.69, 9.17) is 5.21 Å². The highest BCUT2D eigenvalue weighted by Gasteiger charge is 2.28. The van der Waals surface area contributed by atoms with E-state index in [0.717, 1.165) is 23.3 Å². The Morgan fingerprint density at radius 2 is 0.944 bits per heavy atom. The minimum atomic E-state index is -0.708. The highest BCUT2D eigenvalue weighted by Crippen LogP contribution is 2.26. The Morgan fingerprint density at radius 3 is 1.31 bits per heavy atom. The standard InChI is InChI=1S/C22H15N6O8/c29-25(30)17-1-3-19(21(13-17)27(33)34)23-9-5-15(6-10-23)16-7-11-24(12-8-16)20-4-2-18(26(31)32)14-22(20)28(35)36/h1-14H,(H,29,30)/q+3. The van der Waals surface area contributed by atoms with Crippen molar-refractivity contribution in [1.29, 1.82) is 0 Å². The number of non-ortho nitro benzene ring substituents is 1. The van der Waals surface area contributed by atoms with Crippen LogP contribution in [0.5, 0.6) is 0 Å². The third kappa shape index (κ3) is 4.54. The van der Waals surface area contributed by atoms with E-state index in [-0.39, 0.29) is 22.7 Å². The number of aromatic nitrogens is 2. The SMILES string of the molecule is O=[N+]([O-])c1ccc(-[n+]2ccc(-c3cc[n+](-c4ccc([N+](=O)O)cc4[N+](=O)[O-])cc3)cc2)c([N+](=O)[O-])c1. The molecule has 178 valence electrons. The highest BCUT2D eigenvalue weighted by molar-refractivity contribution is 5.62. The van der Waals surface area contributed by atoms with Gasteiger partial charge >= 0.3 is 17.1 Å². The maximum atomic E-state index is 11.4. The molecule has 0 unspecified atom stereocenters. The van der Waals surface area contributed by atoms with Crippen LogP contribution in [-0.2, 0) is 0 Å². The lowest BCUT2D eigenvalue weighted by Crippen LogP contribution is -2.31. The molecule has 0 aliphatic carbocycles. The van der Waals surface area contributed by atoms with Crippen LogP contribution in [0, 0.1) is 35.3 Å². The number of hydrogen-bond donors (Lipinski definition) is 1. The smallest absolute Gasteiger partial charge is 0.258 e. The normalized spacial score (nSPS) is 10.6. The Kier molecular flexibility index (Phi) is 6.07. The third-order valence-electron chi connectivity index (χ3n) is 5.29. The molecular formula is C22H15N6O8+3. The number of nitrogens with zero attached hydrogens (tertiary/aromatic N) is 6. The second-order valence-electron chi connectivity index (χ2n) is 7.38. The molecular weight excluding hydrogens is 476 g/mol. The molecule has 0 spiro atoms. The minimum absolute atomic E-state index is 0.151. The van der Waals surface area contributed by atoms with Crippen LogP contribution in [0.2, 0.25) is 0 Å². The van der Waals surface area contributed by atoms with Crippen LogP contribution < -0.4 is 9.13 Å². The van der Waals surface area contributed by atoms with Crippen molar-refractivity contribution in [2.45, 2.75) is 0 Å². The number of rotatable bonds is 7. The molecule has 14 heteroatoms. The molecule has 4 aromatic rings. The zero-order valence-electron chi connectivity index (χ0n) is 18.1. The van der Waals surface area contributed by atoms with E-state index in [1.807, 2.05) is 0 Å². The first-order valence-electron chi connectivity index (χ1n) is 10.1. The summed E-state index contributed by atoms with van der Waals surface area (Å²) in [4.78, 5) is 42.3. The van der Waals surface area contributed by atoms with Gasteiger partial charge in [0.05, 0.1) is 19.7 Å². The van der Waals surface area contributed by atoms with Crippen molar-refractivity contribution in [3.05, 3.63) is 121 Å². The zero-order chi connectivity index (χ0) is 26.0. The number of nitro benzene ring substituents is 3. The molecule has 4 rings (SSSR count). The molecule has 36 heavy (non-hydrogen) atoms. The lowest BCUT2D eigenvalue weighted by molar-refractivity contribution is -0.730. The van der Waals surface area contributed by atoms with Crippen LogP contribution in [0.3, 0.4) is 0 Å². The van der Waals surface area contributed by atoms with Crippen molar-refractivity contribution in [1.82, 2.24) is 0 Å². The molecule has 0 atom stereocenters. The lowest BCUT2D eigenvalue weighted by atomic mass is 10.1. The van der Waals surface area contributed by atoms with E-state index < -0.39 is 31.1 Å². The van der Waals surface area contributed by atoms with Crippen LogP contribution in [-0.4, -0.2) is 24.9 Å². The summed E-state index contributed by atoms with van der Waals surface area (Å²) in [5.41, 5.74) is 0.312. The van der Waals surface area contributed by atoms with Gasteiger partial charge in [-0.1, -0.05) is 0 Å². The van der Waals surface area contributed by atoms with Gasteiger partial charge in [0.2, 0.25) is 0 Å². The Labute approximate surface area is 200 Å². The topological polar surface area (TPSA) is 177 Å².